The summed E-state index contributed by atoms with van der Waals surface area (Å²) in [5.74, 6) is -0.648. The van der Waals surface area contributed by atoms with Crippen molar-refractivity contribution in [3.63, 3.8) is 0 Å². The molecule has 0 saturated heterocycles. The quantitative estimate of drug-likeness (QED) is 0.780. The standard InChI is InChI=1S/C10H11F3N2O2/c11-10(12,13)17-6-5-15-8-4-2-1-3-7(8)9(14)16/h1-4,15H,5-6H2,(H2,14,16). The van der Waals surface area contributed by atoms with Crippen LogP contribution in [0.15, 0.2) is 24.3 Å². The van der Waals surface area contributed by atoms with Gasteiger partial charge in [0.1, 0.15) is 0 Å². The number of nitrogens with one attached hydrogen (secondary N) is 1. The Balaban J connectivity index is 2.49. The monoisotopic (exact) mass is 248 g/mol. The molecule has 7 heteroatoms. The molecule has 94 valence electrons. The van der Waals surface area contributed by atoms with Gasteiger partial charge in [0.25, 0.3) is 5.91 Å². The van der Waals surface area contributed by atoms with E-state index in [-0.39, 0.29) is 12.1 Å². The molecule has 1 rings (SSSR count). The van der Waals surface area contributed by atoms with E-state index in [1.165, 1.54) is 6.07 Å². The first-order chi connectivity index (χ1) is 7.90. The molecule has 0 spiro atoms. The highest BCUT2D eigenvalue weighted by atomic mass is 19.4. The molecule has 0 unspecified atom stereocenters. The molecule has 3 N–H and O–H groups in total. The van der Waals surface area contributed by atoms with E-state index >= 15 is 0 Å². The second kappa shape index (κ2) is 5.53. The number of amides is 1. The van der Waals surface area contributed by atoms with Gasteiger partial charge in [-0.1, -0.05) is 12.1 Å². The summed E-state index contributed by atoms with van der Waals surface area (Å²) in [6, 6.07) is 6.28. The van der Waals surface area contributed by atoms with E-state index in [0.29, 0.717) is 5.69 Å². The van der Waals surface area contributed by atoms with E-state index in [0.717, 1.165) is 0 Å². The van der Waals surface area contributed by atoms with E-state index in [1.807, 2.05) is 0 Å². The van der Waals surface area contributed by atoms with E-state index in [9.17, 15) is 18.0 Å². The van der Waals surface area contributed by atoms with Gasteiger partial charge in [0, 0.05) is 12.2 Å². The molecule has 0 heterocycles. The highest BCUT2D eigenvalue weighted by Gasteiger charge is 2.28. The zero-order valence-electron chi connectivity index (χ0n) is 8.75. The molecule has 17 heavy (non-hydrogen) atoms. The molecule has 0 aliphatic heterocycles. The van der Waals surface area contributed by atoms with E-state index in [4.69, 9.17) is 5.73 Å². The van der Waals surface area contributed by atoms with Crippen LogP contribution in [0.5, 0.6) is 0 Å². The van der Waals surface area contributed by atoms with Crippen LogP contribution in [0, 0.1) is 0 Å². The maximum Gasteiger partial charge on any atom is 0.522 e. The number of alkyl halides is 3. The van der Waals surface area contributed by atoms with Crippen molar-refractivity contribution in [3.8, 4) is 0 Å². The molecule has 0 radical (unpaired) electrons. The SMILES string of the molecule is NC(=O)c1ccccc1NCCOC(F)(F)F. The van der Waals surface area contributed by atoms with Crippen LogP contribution in [0.4, 0.5) is 18.9 Å². The Hall–Kier alpha value is -1.76. The number of benzene rings is 1. The van der Waals surface area contributed by atoms with Crippen molar-refractivity contribution in [1.29, 1.82) is 0 Å². The van der Waals surface area contributed by atoms with Crippen molar-refractivity contribution in [3.05, 3.63) is 29.8 Å². The highest BCUT2D eigenvalue weighted by molar-refractivity contribution is 5.98. The van der Waals surface area contributed by atoms with Crippen molar-refractivity contribution in [2.75, 3.05) is 18.5 Å². The van der Waals surface area contributed by atoms with Crippen LogP contribution in [0.1, 0.15) is 10.4 Å². The number of carbonyl (C=O) groups excluding carboxylic acids is 1. The van der Waals surface area contributed by atoms with Gasteiger partial charge in [-0.25, -0.2) is 0 Å². The van der Waals surface area contributed by atoms with Crippen molar-refractivity contribution >= 4 is 11.6 Å². The number of rotatable bonds is 5. The Morgan fingerprint density at radius 2 is 2.00 bits per heavy atom. The minimum absolute atomic E-state index is 0.0796. The Bertz CT molecular complexity index is 393. The van der Waals surface area contributed by atoms with Crippen LogP contribution in [-0.4, -0.2) is 25.4 Å². The van der Waals surface area contributed by atoms with Gasteiger partial charge in [0.15, 0.2) is 0 Å². The summed E-state index contributed by atoms with van der Waals surface area (Å²) in [7, 11) is 0. The number of ether oxygens (including phenoxy) is 1. The highest BCUT2D eigenvalue weighted by Crippen LogP contribution is 2.16. The third-order valence-electron chi connectivity index (χ3n) is 1.88. The van der Waals surface area contributed by atoms with Crippen LogP contribution in [0.25, 0.3) is 0 Å². The fourth-order valence-corrected chi connectivity index (χ4v) is 1.20. The molecule has 0 aliphatic carbocycles. The molecule has 0 bridgehead atoms. The summed E-state index contributed by atoms with van der Waals surface area (Å²) in [6.07, 6.45) is -4.65. The maximum absolute atomic E-state index is 11.7. The lowest BCUT2D eigenvalue weighted by molar-refractivity contribution is -0.322. The minimum atomic E-state index is -4.65. The van der Waals surface area contributed by atoms with E-state index in [2.05, 4.69) is 10.1 Å². The molecule has 0 atom stereocenters. The van der Waals surface area contributed by atoms with Crippen LogP contribution in [-0.2, 0) is 4.74 Å². The Morgan fingerprint density at radius 3 is 2.59 bits per heavy atom. The summed E-state index contributed by atoms with van der Waals surface area (Å²) in [5, 5.41) is 2.64. The second-order valence-corrected chi connectivity index (χ2v) is 3.13. The van der Waals surface area contributed by atoms with E-state index in [1.54, 1.807) is 18.2 Å². The van der Waals surface area contributed by atoms with Gasteiger partial charge in [-0.15, -0.1) is 13.2 Å². The lowest BCUT2D eigenvalue weighted by Crippen LogP contribution is -2.20. The van der Waals surface area contributed by atoms with Gasteiger partial charge in [-0.2, -0.15) is 0 Å². The largest absolute Gasteiger partial charge is 0.522 e. The number of hydrogen-bond acceptors (Lipinski definition) is 3. The van der Waals surface area contributed by atoms with Crippen molar-refractivity contribution in [2.24, 2.45) is 5.73 Å². The summed E-state index contributed by atoms with van der Waals surface area (Å²) >= 11 is 0. The summed E-state index contributed by atoms with van der Waals surface area (Å²) < 4.78 is 38.6. The maximum atomic E-state index is 11.7. The zero-order valence-corrected chi connectivity index (χ0v) is 8.75. The van der Waals surface area contributed by atoms with Gasteiger partial charge >= 0.3 is 6.36 Å². The molecule has 0 fully saturated rings. The van der Waals surface area contributed by atoms with Crippen molar-refractivity contribution in [2.45, 2.75) is 6.36 Å². The van der Waals surface area contributed by atoms with Crippen molar-refractivity contribution in [1.82, 2.24) is 0 Å². The predicted octanol–water partition coefficient (Wildman–Crippen LogP) is 1.73. The molecule has 0 saturated carbocycles. The van der Waals surface area contributed by atoms with Gasteiger partial charge in [0.2, 0.25) is 0 Å². The number of anilines is 1. The second-order valence-electron chi connectivity index (χ2n) is 3.13. The fourth-order valence-electron chi connectivity index (χ4n) is 1.20. The molecule has 0 aliphatic rings. The first-order valence-corrected chi connectivity index (χ1v) is 4.73. The molecular formula is C10H11F3N2O2. The number of primary amides is 1. The Labute approximate surface area is 95.6 Å². The summed E-state index contributed by atoms with van der Waals surface area (Å²) in [5.41, 5.74) is 5.70. The van der Waals surface area contributed by atoms with Gasteiger partial charge in [-0.3, -0.25) is 9.53 Å². The number of carbonyl (C=O) groups is 1. The van der Waals surface area contributed by atoms with Gasteiger partial charge in [0.05, 0.1) is 12.2 Å². The average Bonchev–Trinajstić information content (AvgIpc) is 2.23. The van der Waals surface area contributed by atoms with E-state index < -0.39 is 18.9 Å². The smallest absolute Gasteiger partial charge is 0.382 e. The molecular weight excluding hydrogens is 237 g/mol. The van der Waals surface area contributed by atoms with Crippen LogP contribution in [0.2, 0.25) is 0 Å². The topological polar surface area (TPSA) is 64.4 Å². The third-order valence-corrected chi connectivity index (χ3v) is 1.88. The Kier molecular flexibility index (Phi) is 4.33. The number of hydrogen-bond donors (Lipinski definition) is 2. The number of para-hydroxylation sites is 1. The van der Waals surface area contributed by atoms with Crippen LogP contribution < -0.4 is 11.1 Å². The third kappa shape index (κ3) is 4.73. The van der Waals surface area contributed by atoms with Crippen LogP contribution in [0.3, 0.4) is 0 Å². The first-order valence-electron chi connectivity index (χ1n) is 4.73. The van der Waals surface area contributed by atoms with Gasteiger partial charge in [-0.05, 0) is 12.1 Å². The molecule has 4 nitrogen and oxygen atoms in total. The molecule has 0 aromatic heterocycles. The average molecular weight is 248 g/mol. The Morgan fingerprint density at radius 1 is 1.35 bits per heavy atom. The normalized spacial score (nSPS) is 11.2. The van der Waals surface area contributed by atoms with Crippen LogP contribution >= 0.6 is 0 Å². The summed E-state index contributed by atoms with van der Waals surface area (Å²) in [4.78, 5) is 11.0. The zero-order chi connectivity index (χ0) is 12.9. The molecule has 1 amide bonds. The minimum Gasteiger partial charge on any atom is -0.382 e. The fraction of sp³-hybridized carbons (Fsp3) is 0.300. The molecule has 1 aromatic rings. The lowest BCUT2D eigenvalue weighted by Gasteiger charge is -2.11. The first kappa shape index (κ1) is 13.3. The lowest BCUT2D eigenvalue weighted by atomic mass is 10.1. The van der Waals surface area contributed by atoms with Crippen molar-refractivity contribution < 1.29 is 22.7 Å². The molecule has 1 aromatic carbocycles. The number of nitrogens with two attached hydrogens (primary N) is 1. The van der Waals surface area contributed by atoms with Gasteiger partial charge < -0.3 is 11.1 Å². The predicted molar refractivity (Wildman–Crippen MR) is 55.5 cm³/mol. The summed E-state index contributed by atoms with van der Waals surface area (Å²) in [6.45, 7) is -0.625. The number of halogens is 3.